The van der Waals surface area contributed by atoms with Crippen LogP contribution in [0.1, 0.15) is 39.7 Å². The molecule has 0 aromatic heterocycles. The molecule has 0 aliphatic rings. The Hall–Kier alpha value is -1.91. The number of anilines is 1. The third-order valence-corrected chi connectivity index (χ3v) is 2.44. The van der Waals surface area contributed by atoms with Crippen molar-refractivity contribution in [3.8, 4) is 0 Å². The van der Waals surface area contributed by atoms with Crippen molar-refractivity contribution in [1.29, 1.82) is 5.41 Å². The molecular formula is C13H21N3O2. The molecule has 1 aromatic rings. The van der Waals surface area contributed by atoms with E-state index in [9.17, 15) is 10.1 Å². The number of nitro groups is 1. The summed E-state index contributed by atoms with van der Waals surface area (Å²) < 4.78 is 0. The lowest BCUT2D eigenvalue weighted by Crippen LogP contribution is -2.15. The van der Waals surface area contributed by atoms with E-state index in [-0.39, 0.29) is 11.7 Å². The predicted molar refractivity (Wildman–Crippen MR) is 75.7 cm³/mol. The number of nitrogens with one attached hydrogen (secondary N) is 2. The first-order valence-corrected chi connectivity index (χ1v) is 6.14. The minimum absolute atomic E-state index is 0.0386. The van der Waals surface area contributed by atoms with Gasteiger partial charge in [0.25, 0.3) is 5.69 Å². The van der Waals surface area contributed by atoms with Crippen LogP contribution >= 0.6 is 0 Å². The van der Waals surface area contributed by atoms with Crippen LogP contribution in [0.3, 0.4) is 0 Å². The zero-order chi connectivity index (χ0) is 14.1. The van der Waals surface area contributed by atoms with Gasteiger partial charge in [-0.15, -0.1) is 0 Å². The Morgan fingerprint density at radius 3 is 2.56 bits per heavy atom. The molecule has 5 nitrogen and oxygen atoms in total. The normalized spacial score (nSPS) is 10.9. The second-order valence-corrected chi connectivity index (χ2v) is 3.59. The van der Waals surface area contributed by atoms with Gasteiger partial charge >= 0.3 is 0 Å². The highest BCUT2D eigenvalue weighted by molar-refractivity contribution is 5.91. The van der Waals surface area contributed by atoms with Gasteiger partial charge in [0.1, 0.15) is 0 Å². The largest absolute Gasteiger partial charge is 0.382 e. The smallest absolute Gasteiger partial charge is 0.280 e. The maximum atomic E-state index is 10.8. The average molecular weight is 251 g/mol. The molecular weight excluding hydrogens is 230 g/mol. The Labute approximate surface area is 108 Å². The first-order chi connectivity index (χ1) is 8.60. The van der Waals surface area contributed by atoms with Gasteiger partial charge in [-0.3, -0.25) is 10.1 Å². The van der Waals surface area contributed by atoms with Crippen molar-refractivity contribution in [2.75, 3.05) is 5.32 Å². The first-order valence-electron chi connectivity index (χ1n) is 6.14. The molecule has 0 radical (unpaired) electrons. The zero-order valence-electron chi connectivity index (χ0n) is 11.4. The SMILES string of the molecule is CC.CCC(C)Nc1cccc([N+](=O)[O-])c1C=N. The molecule has 18 heavy (non-hydrogen) atoms. The van der Waals surface area contributed by atoms with E-state index < -0.39 is 4.92 Å². The van der Waals surface area contributed by atoms with Gasteiger partial charge in [0.2, 0.25) is 0 Å². The maximum absolute atomic E-state index is 10.8. The van der Waals surface area contributed by atoms with E-state index in [2.05, 4.69) is 5.32 Å². The molecule has 0 heterocycles. The van der Waals surface area contributed by atoms with Gasteiger partial charge in [0, 0.05) is 18.3 Å². The van der Waals surface area contributed by atoms with E-state index in [1.54, 1.807) is 12.1 Å². The number of nitrogens with zero attached hydrogens (tertiary/aromatic N) is 1. The lowest BCUT2D eigenvalue weighted by molar-refractivity contribution is -0.384. The second kappa shape index (κ2) is 8.22. The van der Waals surface area contributed by atoms with Gasteiger partial charge in [-0.05, 0) is 19.4 Å². The number of hydrogen-bond acceptors (Lipinski definition) is 4. The minimum atomic E-state index is -0.470. The van der Waals surface area contributed by atoms with E-state index in [1.165, 1.54) is 6.07 Å². The average Bonchev–Trinajstić information content (AvgIpc) is 2.40. The fraction of sp³-hybridized carbons (Fsp3) is 0.462. The Bertz CT molecular complexity index is 405. The molecule has 0 aliphatic carbocycles. The molecule has 100 valence electrons. The maximum Gasteiger partial charge on any atom is 0.280 e. The molecule has 5 heteroatoms. The molecule has 1 rings (SSSR count). The molecule has 0 fully saturated rings. The van der Waals surface area contributed by atoms with Crippen molar-refractivity contribution in [2.45, 2.75) is 40.2 Å². The Balaban J connectivity index is 0.00000137. The van der Waals surface area contributed by atoms with Crippen LogP contribution in [0.2, 0.25) is 0 Å². The fourth-order valence-electron chi connectivity index (χ4n) is 1.36. The van der Waals surface area contributed by atoms with Gasteiger partial charge in [-0.1, -0.05) is 26.8 Å². The summed E-state index contributed by atoms with van der Waals surface area (Å²) in [4.78, 5) is 10.3. The Morgan fingerprint density at radius 2 is 2.11 bits per heavy atom. The molecule has 1 aromatic carbocycles. The number of benzene rings is 1. The van der Waals surface area contributed by atoms with Crippen LogP contribution in [0.15, 0.2) is 18.2 Å². The quantitative estimate of drug-likeness (QED) is 0.474. The van der Waals surface area contributed by atoms with Crippen molar-refractivity contribution >= 4 is 17.6 Å². The van der Waals surface area contributed by atoms with Gasteiger partial charge in [-0.2, -0.15) is 0 Å². The summed E-state index contributed by atoms with van der Waals surface area (Å²) in [5, 5.41) is 21.2. The summed E-state index contributed by atoms with van der Waals surface area (Å²) in [6.07, 6.45) is 1.93. The third kappa shape index (κ3) is 4.16. The van der Waals surface area contributed by atoms with Crippen molar-refractivity contribution in [1.82, 2.24) is 0 Å². The highest BCUT2D eigenvalue weighted by atomic mass is 16.6. The van der Waals surface area contributed by atoms with E-state index in [1.807, 2.05) is 27.7 Å². The number of rotatable bonds is 5. The lowest BCUT2D eigenvalue weighted by atomic mass is 10.1. The summed E-state index contributed by atoms with van der Waals surface area (Å²) in [6.45, 7) is 8.02. The minimum Gasteiger partial charge on any atom is -0.382 e. The van der Waals surface area contributed by atoms with E-state index in [0.29, 0.717) is 11.3 Å². The highest BCUT2D eigenvalue weighted by Crippen LogP contribution is 2.25. The van der Waals surface area contributed by atoms with Crippen molar-refractivity contribution in [3.05, 3.63) is 33.9 Å². The van der Waals surface area contributed by atoms with Crippen LogP contribution in [-0.2, 0) is 0 Å². The van der Waals surface area contributed by atoms with Crippen LogP contribution < -0.4 is 5.32 Å². The number of hydrogen-bond donors (Lipinski definition) is 2. The van der Waals surface area contributed by atoms with Crippen LogP contribution in [0, 0.1) is 15.5 Å². The number of nitro benzene ring substituents is 1. The van der Waals surface area contributed by atoms with Crippen molar-refractivity contribution in [3.63, 3.8) is 0 Å². The molecule has 0 amide bonds. The molecule has 0 spiro atoms. The lowest BCUT2D eigenvalue weighted by Gasteiger charge is -2.14. The predicted octanol–water partition coefficient (Wildman–Crippen LogP) is 3.83. The van der Waals surface area contributed by atoms with E-state index >= 15 is 0 Å². The summed E-state index contributed by atoms with van der Waals surface area (Å²) in [5.74, 6) is 0. The third-order valence-electron chi connectivity index (χ3n) is 2.44. The van der Waals surface area contributed by atoms with Gasteiger partial charge in [0.15, 0.2) is 0 Å². The summed E-state index contributed by atoms with van der Waals surface area (Å²) in [5.41, 5.74) is 0.926. The fourth-order valence-corrected chi connectivity index (χ4v) is 1.36. The highest BCUT2D eigenvalue weighted by Gasteiger charge is 2.15. The van der Waals surface area contributed by atoms with E-state index in [0.717, 1.165) is 12.6 Å². The topological polar surface area (TPSA) is 79.0 Å². The molecule has 0 bridgehead atoms. The standard InChI is InChI=1S/C11H15N3O2.C2H6/c1-3-8(2)13-10-5-4-6-11(14(15)16)9(10)7-12;1-2/h4-8,12-13H,3H2,1-2H3;1-2H3. The molecule has 0 saturated heterocycles. The molecule has 1 unspecified atom stereocenters. The van der Waals surface area contributed by atoms with Crippen molar-refractivity contribution in [2.24, 2.45) is 0 Å². The zero-order valence-corrected chi connectivity index (χ0v) is 11.4. The van der Waals surface area contributed by atoms with Gasteiger partial charge in [0.05, 0.1) is 16.2 Å². The van der Waals surface area contributed by atoms with Crippen molar-refractivity contribution < 1.29 is 4.92 Å². The molecule has 0 aliphatic heterocycles. The van der Waals surface area contributed by atoms with E-state index in [4.69, 9.17) is 5.41 Å². The molecule has 1 atom stereocenters. The summed E-state index contributed by atoms with van der Waals surface area (Å²) in [7, 11) is 0. The van der Waals surface area contributed by atoms with Crippen LogP contribution in [-0.4, -0.2) is 17.2 Å². The van der Waals surface area contributed by atoms with Crippen LogP contribution in [0.4, 0.5) is 11.4 Å². The van der Waals surface area contributed by atoms with Crippen LogP contribution in [0.25, 0.3) is 0 Å². The first kappa shape index (κ1) is 16.1. The summed E-state index contributed by atoms with van der Waals surface area (Å²) in [6, 6.07) is 5.00. The Kier molecular flexibility index (Phi) is 7.35. The molecule has 0 saturated carbocycles. The van der Waals surface area contributed by atoms with Gasteiger partial charge < -0.3 is 10.7 Å². The van der Waals surface area contributed by atoms with Gasteiger partial charge in [-0.25, -0.2) is 0 Å². The molecule has 2 N–H and O–H groups in total. The van der Waals surface area contributed by atoms with Crippen LogP contribution in [0.5, 0.6) is 0 Å². The second-order valence-electron chi connectivity index (χ2n) is 3.59. The summed E-state index contributed by atoms with van der Waals surface area (Å²) >= 11 is 0. The Morgan fingerprint density at radius 1 is 1.50 bits per heavy atom. The monoisotopic (exact) mass is 251 g/mol.